The van der Waals surface area contributed by atoms with Gasteiger partial charge >= 0.3 is 0 Å². The monoisotopic (exact) mass is 723 g/mol. The smallest absolute Gasteiger partial charge is 0.264 e. The summed E-state index contributed by atoms with van der Waals surface area (Å²) in [6.07, 6.45) is 7.12. The third-order valence-electron chi connectivity index (χ3n) is 11.8. The average Bonchev–Trinajstić information content (AvgIpc) is 3.93. The highest BCUT2D eigenvalue weighted by Crippen LogP contribution is 2.47. The summed E-state index contributed by atoms with van der Waals surface area (Å²) in [5, 5.41) is 9.84. The molecule has 0 radical (unpaired) electrons. The lowest BCUT2D eigenvalue weighted by Crippen LogP contribution is -2.54. The maximum atomic E-state index is 13.6. The highest BCUT2D eigenvalue weighted by atomic mass is 19.1. The van der Waals surface area contributed by atoms with Crippen LogP contribution in [-0.2, 0) is 31.4 Å². The molecule has 1 saturated heterocycles. The summed E-state index contributed by atoms with van der Waals surface area (Å²) in [6, 6.07) is 12.5. The van der Waals surface area contributed by atoms with Crippen molar-refractivity contribution in [2.75, 3.05) is 47.1 Å². The Balaban J connectivity index is 1.19. The minimum Gasteiger partial charge on any atom is -0.496 e. The minimum absolute atomic E-state index is 0.00483. The lowest BCUT2D eigenvalue weighted by molar-refractivity contribution is -0.129. The molecular formula is C43H54FN5O4. The van der Waals surface area contributed by atoms with E-state index in [1.54, 1.807) is 39.7 Å². The van der Waals surface area contributed by atoms with Gasteiger partial charge in [0.25, 0.3) is 11.5 Å². The van der Waals surface area contributed by atoms with Crippen LogP contribution in [0.4, 0.5) is 4.39 Å². The van der Waals surface area contributed by atoms with Crippen molar-refractivity contribution in [3.8, 4) is 28.7 Å². The van der Waals surface area contributed by atoms with Crippen LogP contribution in [-0.4, -0.2) is 77.8 Å². The van der Waals surface area contributed by atoms with Gasteiger partial charge in [-0.25, -0.2) is 0 Å². The summed E-state index contributed by atoms with van der Waals surface area (Å²) in [7, 11) is 5.18. The summed E-state index contributed by atoms with van der Waals surface area (Å²) in [5.41, 5.74) is 7.67. The number of rotatable bonds is 11. The highest BCUT2D eigenvalue weighted by Gasteiger charge is 2.51. The summed E-state index contributed by atoms with van der Waals surface area (Å²) in [5.74, 6) is 1.23. The number of ether oxygens (including phenoxy) is 2. The van der Waals surface area contributed by atoms with Crippen molar-refractivity contribution < 1.29 is 18.7 Å². The van der Waals surface area contributed by atoms with Crippen LogP contribution < -0.4 is 15.0 Å². The van der Waals surface area contributed by atoms with Crippen LogP contribution in [0.25, 0.3) is 11.1 Å². The van der Waals surface area contributed by atoms with Gasteiger partial charge in [0.15, 0.2) is 0 Å². The molecule has 1 aliphatic carbocycles. The van der Waals surface area contributed by atoms with Gasteiger partial charge in [-0.15, -0.1) is 0 Å². The number of hydrogen-bond donors (Lipinski definition) is 0. The molecule has 6 rings (SSSR count). The van der Waals surface area contributed by atoms with Crippen molar-refractivity contribution in [3.05, 3.63) is 91.9 Å². The van der Waals surface area contributed by atoms with Crippen molar-refractivity contribution in [2.45, 2.75) is 85.0 Å². The number of alkyl halides is 1. The Hall–Kier alpha value is -4.46. The van der Waals surface area contributed by atoms with Gasteiger partial charge in [0.05, 0.1) is 32.5 Å². The van der Waals surface area contributed by atoms with Crippen molar-refractivity contribution in [3.63, 3.8) is 0 Å². The standard InChI is InChI=1S/C43H54FN5O4/c1-9-37-34-12-10-11-30(33(34)13-16-49(37)41(51)32(22-45)21-42(4,5)26-44)23-48-18-17-47(27-43(48)14-15-43)25-36-38(52-7)19-31(20-39(36)53-8)35-24-46(6)40(50)29(3)28(35)2/h10-12,19-21,24,37H,9,13-18,23,25-27H2,1-8H3/b32-21+/t37-/m1/s1. The number of aryl methyl sites for hydroxylation is 1. The van der Waals surface area contributed by atoms with E-state index in [1.807, 2.05) is 24.9 Å². The number of hydrogen-bond acceptors (Lipinski definition) is 7. The first-order chi connectivity index (χ1) is 25.3. The van der Waals surface area contributed by atoms with Crippen LogP contribution in [0.2, 0.25) is 0 Å². The summed E-state index contributed by atoms with van der Waals surface area (Å²) < 4.78 is 27.2. The Kier molecular flexibility index (Phi) is 10.9. The first kappa shape index (κ1) is 38.3. The Bertz CT molecular complexity index is 2000. The molecule has 1 amide bonds. The molecular weight excluding hydrogens is 670 g/mol. The van der Waals surface area contributed by atoms with Crippen molar-refractivity contribution in [1.29, 1.82) is 5.26 Å². The number of methoxy groups -OCH3 is 2. The molecule has 10 heteroatoms. The van der Waals surface area contributed by atoms with E-state index in [0.717, 1.165) is 96.7 Å². The number of halogens is 1. The van der Waals surface area contributed by atoms with Gasteiger partial charge in [0.2, 0.25) is 0 Å². The predicted octanol–water partition coefficient (Wildman–Crippen LogP) is 6.82. The van der Waals surface area contributed by atoms with E-state index in [4.69, 9.17) is 9.47 Å². The van der Waals surface area contributed by atoms with Gasteiger partial charge in [0, 0.05) is 74.6 Å². The predicted molar refractivity (Wildman–Crippen MR) is 206 cm³/mol. The molecule has 0 unspecified atom stereocenters. The summed E-state index contributed by atoms with van der Waals surface area (Å²) in [4.78, 5) is 33.2. The highest BCUT2D eigenvalue weighted by molar-refractivity contribution is 5.97. The molecule has 3 aliphatic rings. The summed E-state index contributed by atoms with van der Waals surface area (Å²) in [6.45, 7) is 13.6. The fourth-order valence-corrected chi connectivity index (χ4v) is 8.47. The molecule has 1 aromatic heterocycles. The molecule has 0 N–H and O–H groups in total. The second-order valence-corrected chi connectivity index (χ2v) is 15.9. The molecule has 1 spiro atoms. The number of allylic oxidation sites excluding steroid dienone is 1. The third kappa shape index (κ3) is 7.39. The fourth-order valence-electron chi connectivity index (χ4n) is 8.47. The van der Waals surface area contributed by atoms with Crippen molar-refractivity contribution in [1.82, 2.24) is 19.3 Å². The van der Waals surface area contributed by atoms with E-state index in [-0.39, 0.29) is 28.6 Å². The Labute approximate surface area is 313 Å². The Morgan fingerprint density at radius 1 is 1.08 bits per heavy atom. The van der Waals surface area contributed by atoms with Crippen molar-refractivity contribution >= 4 is 5.91 Å². The SMILES string of the molecule is CC[C@@H]1c2cccc(CN3CCN(Cc4c(OC)cc(-c5cn(C)c(=O)c(C)c5C)cc4OC)CC34CC4)c2CCN1C(=O)/C(C#N)=C/C(C)(C)CF. The molecule has 1 saturated carbocycles. The molecule has 53 heavy (non-hydrogen) atoms. The number of fused-ring (bicyclic) bond motifs is 1. The van der Waals surface area contributed by atoms with Gasteiger partial charge < -0.3 is 18.9 Å². The van der Waals surface area contributed by atoms with E-state index in [9.17, 15) is 19.2 Å². The minimum atomic E-state index is -0.876. The van der Waals surface area contributed by atoms with Gasteiger partial charge in [0.1, 0.15) is 23.1 Å². The molecule has 3 heterocycles. The second-order valence-electron chi connectivity index (χ2n) is 15.9. The lowest BCUT2D eigenvalue weighted by Gasteiger charge is -2.43. The average molecular weight is 724 g/mol. The molecule has 3 aromatic rings. The number of amides is 1. The zero-order valence-corrected chi connectivity index (χ0v) is 32.6. The number of nitriles is 1. The largest absolute Gasteiger partial charge is 0.496 e. The van der Waals surface area contributed by atoms with Crippen LogP contribution in [0.3, 0.4) is 0 Å². The molecule has 2 aromatic carbocycles. The van der Waals surface area contributed by atoms with Gasteiger partial charge in [-0.1, -0.05) is 45.0 Å². The van der Waals surface area contributed by atoms with Crippen LogP contribution >= 0.6 is 0 Å². The zero-order valence-electron chi connectivity index (χ0n) is 32.6. The Morgan fingerprint density at radius 3 is 2.38 bits per heavy atom. The van der Waals surface area contributed by atoms with E-state index >= 15 is 0 Å². The van der Waals surface area contributed by atoms with Crippen molar-refractivity contribution in [2.24, 2.45) is 12.5 Å². The van der Waals surface area contributed by atoms with E-state index < -0.39 is 12.1 Å². The van der Waals surface area contributed by atoms with E-state index in [1.165, 1.54) is 17.2 Å². The number of aromatic nitrogens is 1. The maximum Gasteiger partial charge on any atom is 0.264 e. The van der Waals surface area contributed by atoms with Gasteiger partial charge in [-0.2, -0.15) is 5.26 Å². The van der Waals surface area contributed by atoms with E-state index in [0.29, 0.717) is 13.1 Å². The second kappa shape index (κ2) is 15.1. The van der Waals surface area contributed by atoms with Crippen LogP contribution in [0, 0.1) is 30.6 Å². The molecule has 9 nitrogen and oxygen atoms in total. The number of nitrogens with zero attached hydrogens (tertiary/aromatic N) is 5. The Morgan fingerprint density at radius 2 is 1.77 bits per heavy atom. The number of pyridine rings is 1. The number of carbonyl (C=O) groups excluding carboxylic acids is 1. The summed E-state index contributed by atoms with van der Waals surface area (Å²) >= 11 is 0. The zero-order chi connectivity index (χ0) is 38.2. The van der Waals surface area contributed by atoms with Crippen LogP contribution in [0.5, 0.6) is 11.5 Å². The quantitative estimate of drug-likeness (QED) is 0.159. The van der Waals surface area contributed by atoms with Gasteiger partial charge in [-0.05, 0) is 79.5 Å². The first-order valence-corrected chi connectivity index (χ1v) is 18.8. The van der Waals surface area contributed by atoms with Crippen LogP contribution in [0.15, 0.2) is 53.0 Å². The third-order valence-corrected chi connectivity index (χ3v) is 11.8. The van der Waals surface area contributed by atoms with E-state index in [2.05, 4.69) is 53.1 Å². The molecule has 0 bridgehead atoms. The maximum absolute atomic E-state index is 13.6. The normalized spacial score (nSPS) is 18.8. The fraction of sp³-hybridized carbons (Fsp3) is 0.512. The topological polar surface area (TPSA) is 91.0 Å². The van der Waals surface area contributed by atoms with Crippen LogP contribution in [0.1, 0.15) is 79.5 Å². The number of piperazine rings is 1. The number of benzene rings is 2. The molecule has 2 aliphatic heterocycles. The molecule has 1 atom stereocenters. The van der Waals surface area contributed by atoms with Gasteiger partial charge in [-0.3, -0.25) is 23.8 Å². The first-order valence-electron chi connectivity index (χ1n) is 18.8. The lowest BCUT2D eigenvalue weighted by atomic mass is 9.86. The number of carbonyl (C=O) groups is 1. The molecule has 282 valence electrons. The molecule has 2 fully saturated rings.